The number of aryl methyl sites for hydroxylation is 1. The molecule has 0 saturated heterocycles. The van der Waals surface area contributed by atoms with Crippen LogP contribution in [0.25, 0.3) is 0 Å². The Morgan fingerprint density at radius 3 is 2.89 bits per heavy atom. The van der Waals surface area contributed by atoms with Crippen molar-refractivity contribution in [1.82, 2.24) is 5.32 Å². The number of carbonyl (C=O) groups excluding carboxylic acids is 1. The molecular formula is C15H21NO2. The highest BCUT2D eigenvalue weighted by Crippen LogP contribution is 2.38. The fraction of sp³-hybridized carbons (Fsp3) is 0.533. The lowest BCUT2D eigenvalue weighted by Gasteiger charge is -2.31. The van der Waals surface area contributed by atoms with Crippen LogP contribution in [0.2, 0.25) is 0 Å². The van der Waals surface area contributed by atoms with Crippen LogP contribution in [0.4, 0.5) is 0 Å². The second-order valence-electron chi connectivity index (χ2n) is 5.01. The molecule has 0 aliphatic heterocycles. The number of hydrogen-bond donors (Lipinski definition) is 1. The maximum absolute atomic E-state index is 12.3. The average molecular weight is 247 g/mol. The van der Waals surface area contributed by atoms with E-state index in [1.807, 2.05) is 18.2 Å². The fourth-order valence-corrected chi connectivity index (χ4v) is 2.73. The number of carbonyl (C=O) groups is 1. The summed E-state index contributed by atoms with van der Waals surface area (Å²) in [7, 11) is 1.46. The first-order valence-electron chi connectivity index (χ1n) is 6.58. The molecule has 0 amide bonds. The fourth-order valence-electron chi connectivity index (χ4n) is 2.73. The summed E-state index contributed by atoms with van der Waals surface area (Å²) in [6.07, 6.45) is 2.69. The predicted octanol–water partition coefficient (Wildman–Crippen LogP) is 2.39. The Morgan fingerprint density at radius 2 is 2.22 bits per heavy atom. The molecule has 0 spiro atoms. The molecule has 1 aliphatic rings. The van der Waals surface area contributed by atoms with Gasteiger partial charge in [-0.25, -0.2) is 4.79 Å². The Labute approximate surface area is 109 Å². The summed E-state index contributed by atoms with van der Waals surface area (Å²) >= 11 is 0. The molecule has 0 bridgehead atoms. The van der Waals surface area contributed by atoms with Crippen molar-refractivity contribution in [3.63, 3.8) is 0 Å². The van der Waals surface area contributed by atoms with Crippen LogP contribution in [0, 0.1) is 0 Å². The van der Waals surface area contributed by atoms with E-state index >= 15 is 0 Å². The van der Waals surface area contributed by atoms with Gasteiger partial charge in [-0.15, -0.1) is 0 Å². The standard InChI is InChI=1S/C15H21NO2/c1-4-11(2)16-15(14(17)18-3)10-9-12-7-5-6-8-13(12)15/h5-8,11,16H,4,9-10H2,1-3H3. The molecule has 0 fully saturated rings. The van der Waals surface area contributed by atoms with Gasteiger partial charge in [0.15, 0.2) is 0 Å². The van der Waals surface area contributed by atoms with Crippen LogP contribution >= 0.6 is 0 Å². The molecule has 1 aromatic carbocycles. The molecule has 0 saturated carbocycles. The Balaban J connectivity index is 2.42. The van der Waals surface area contributed by atoms with Crippen LogP contribution < -0.4 is 5.32 Å². The van der Waals surface area contributed by atoms with Gasteiger partial charge < -0.3 is 4.74 Å². The Hall–Kier alpha value is -1.35. The molecule has 1 N–H and O–H groups in total. The van der Waals surface area contributed by atoms with Crippen molar-refractivity contribution >= 4 is 5.97 Å². The third-order valence-corrected chi connectivity index (χ3v) is 3.89. The van der Waals surface area contributed by atoms with Gasteiger partial charge in [-0.2, -0.15) is 0 Å². The highest BCUT2D eigenvalue weighted by atomic mass is 16.5. The van der Waals surface area contributed by atoms with Crippen LogP contribution in [0.5, 0.6) is 0 Å². The number of methoxy groups -OCH3 is 1. The molecular weight excluding hydrogens is 226 g/mol. The van der Waals surface area contributed by atoms with E-state index < -0.39 is 5.54 Å². The minimum absolute atomic E-state index is 0.173. The van der Waals surface area contributed by atoms with E-state index in [1.165, 1.54) is 12.7 Å². The second kappa shape index (κ2) is 5.11. The number of fused-ring (bicyclic) bond motifs is 1. The minimum atomic E-state index is -0.652. The van der Waals surface area contributed by atoms with E-state index in [0.29, 0.717) is 0 Å². The lowest BCUT2D eigenvalue weighted by Crippen LogP contribution is -2.51. The first-order chi connectivity index (χ1) is 8.64. The highest BCUT2D eigenvalue weighted by Gasteiger charge is 2.46. The van der Waals surface area contributed by atoms with Gasteiger partial charge in [0.25, 0.3) is 0 Å². The molecule has 3 heteroatoms. The monoisotopic (exact) mass is 247 g/mol. The zero-order valence-electron chi connectivity index (χ0n) is 11.3. The molecule has 3 nitrogen and oxygen atoms in total. The van der Waals surface area contributed by atoms with Crippen LogP contribution in [0.3, 0.4) is 0 Å². The van der Waals surface area contributed by atoms with Gasteiger partial charge in [-0.3, -0.25) is 5.32 Å². The van der Waals surface area contributed by atoms with Crippen molar-refractivity contribution in [2.24, 2.45) is 0 Å². The summed E-state index contributed by atoms with van der Waals surface area (Å²) in [6, 6.07) is 8.43. The third kappa shape index (κ3) is 2.03. The quantitative estimate of drug-likeness (QED) is 0.830. The number of esters is 1. The Bertz CT molecular complexity index is 444. The summed E-state index contributed by atoms with van der Waals surface area (Å²) < 4.78 is 5.04. The smallest absolute Gasteiger partial charge is 0.330 e. The number of rotatable bonds is 4. The summed E-state index contributed by atoms with van der Waals surface area (Å²) in [5.41, 5.74) is 1.68. The second-order valence-corrected chi connectivity index (χ2v) is 5.01. The van der Waals surface area contributed by atoms with Gasteiger partial charge in [0.05, 0.1) is 7.11 Å². The zero-order valence-corrected chi connectivity index (χ0v) is 11.3. The Kier molecular flexibility index (Phi) is 3.71. The van der Waals surface area contributed by atoms with Gasteiger partial charge in [0.1, 0.15) is 5.54 Å². The molecule has 0 radical (unpaired) electrons. The Morgan fingerprint density at radius 1 is 1.50 bits per heavy atom. The molecule has 1 aromatic rings. The zero-order chi connectivity index (χ0) is 13.2. The van der Waals surface area contributed by atoms with Crippen LogP contribution in [-0.4, -0.2) is 19.1 Å². The van der Waals surface area contributed by atoms with Crippen LogP contribution in [-0.2, 0) is 21.5 Å². The van der Waals surface area contributed by atoms with E-state index in [-0.39, 0.29) is 12.0 Å². The average Bonchev–Trinajstić information content (AvgIpc) is 2.78. The van der Waals surface area contributed by atoms with Gasteiger partial charge in [0, 0.05) is 6.04 Å². The summed E-state index contributed by atoms with van der Waals surface area (Å²) in [5, 5.41) is 3.47. The minimum Gasteiger partial charge on any atom is -0.467 e. The van der Waals surface area contributed by atoms with Crippen LogP contribution in [0.1, 0.15) is 37.8 Å². The largest absolute Gasteiger partial charge is 0.467 e. The third-order valence-electron chi connectivity index (χ3n) is 3.89. The SMILES string of the molecule is CCC(C)NC1(C(=O)OC)CCc2ccccc21. The number of hydrogen-bond acceptors (Lipinski definition) is 3. The van der Waals surface area contributed by atoms with Gasteiger partial charge >= 0.3 is 5.97 Å². The lowest BCUT2D eigenvalue weighted by molar-refractivity contribution is -0.149. The first-order valence-corrected chi connectivity index (χ1v) is 6.58. The van der Waals surface area contributed by atoms with E-state index in [2.05, 4.69) is 25.2 Å². The highest BCUT2D eigenvalue weighted by molar-refractivity contribution is 5.84. The topological polar surface area (TPSA) is 38.3 Å². The number of ether oxygens (including phenoxy) is 1. The normalized spacial score (nSPS) is 23.5. The van der Waals surface area contributed by atoms with Gasteiger partial charge in [-0.05, 0) is 37.3 Å². The molecule has 18 heavy (non-hydrogen) atoms. The molecule has 2 unspecified atom stereocenters. The van der Waals surface area contributed by atoms with Crippen molar-refractivity contribution in [1.29, 1.82) is 0 Å². The van der Waals surface area contributed by atoms with Crippen molar-refractivity contribution < 1.29 is 9.53 Å². The number of nitrogens with one attached hydrogen (secondary N) is 1. The molecule has 2 rings (SSSR count). The van der Waals surface area contributed by atoms with Gasteiger partial charge in [-0.1, -0.05) is 31.2 Å². The number of benzene rings is 1. The van der Waals surface area contributed by atoms with E-state index in [9.17, 15) is 4.79 Å². The summed E-state index contributed by atoms with van der Waals surface area (Å²) in [4.78, 5) is 12.3. The molecule has 0 heterocycles. The van der Waals surface area contributed by atoms with Crippen molar-refractivity contribution in [2.45, 2.75) is 44.7 Å². The molecule has 98 valence electrons. The molecule has 2 atom stereocenters. The maximum Gasteiger partial charge on any atom is 0.330 e. The van der Waals surface area contributed by atoms with Crippen molar-refractivity contribution in [3.8, 4) is 0 Å². The predicted molar refractivity (Wildman–Crippen MR) is 71.3 cm³/mol. The summed E-state index contributed by atoms with van der Waals surface area (Å²) in [5.74, 6) is -0.173. The lowest BCUT2D eigenvalue weighted by atomic mass is 9.90. The van der Waals surface area contributed by atoms with E-state index in [0.717, 1.165) is 24.8 Å². The van der Waals surface area contributed by atoms with Crippen molar-refractivity contribution in [2.75, 3.05) is 7.11 Å². The molecule has 0 aromatic heterocycles. The molecule has 1 aliphatic carbocycles. The maximum atomic E-state index is 12.3. The van der Waals surface area contributed by atoms with Crippen molar-refractivity contribution in [3.05, 3.63) is 35.4 Å². The van der Waals surface area contributed by atoms with E-state index in [1.54, 1.807) is 0 Å². The first kappa shape index (κ1) is 13.1. The van der Waals surface area contributed by atoms with Crippen LogP contribution in [0.15, 0.2) is 24.3 Å². The van der Waals surface area contributed by atoms with E-state index in [4.69, 9.17) is 4.74 Å². The summed E-state index contributed by atoms with van der Waals surface area (Å²) in [6.45, 7) is 4.22. The van der Waals surface area contributed by atoms with Gasteiger partial charge in [0.2, 0.25) is 0 Å².